The minimum Gasteiger partial charge on any atom is -0.311 e. The van der Waals surface area contributed by atoms with Gasteiger partial charge in [-0.15, -0.1) is 24.8 Å². The van der Waals surface area contributed by atoms with Crippen LogP contribution in [0.1, 0.15) is 21.6 Å². The number of pyridine rings is 1. The normalized spacial score (nSPS) is 13.2. The zero-order valence-electron chi connectivity index (χ0n) is 12.3. The Balaban J connectivity index is 0.00000121. The number of nitrogens with zero attached hydrogens (tertiary/aromatic N) is 2. The molecule has 4 nitrogen and oxygen atoms in total. The first kappa shape index (κ1) is 18.4. The maximum Gasteiger partial charge on any atom is 0.259 e. The first-order valence-corrected chi connectivity index (χ1v) is 6.79. The molecule has 0 spiro atoms. The summed E-state index contributed by atoms with van der Waals surface area (Å²) in [5, 5.41) is 3.34. The number of amides is 1. The maximum absolute atomic E-state index is 12.7. The molecule has 1 N–H and O–H groups in total. The van der Waals surface area contributed by atoms with Gasteiger partial charge in [0.15, 0.2) is 0 Å². The summed E-state index contributed by atoms with van der Waals surface area (Å²) < 4.78 is 0. The third kappa shape index (κ3) is 3.77. The van der Waals surface area contributed by atoms with Crippen LogP contribution in [0.4, 0.5) is 5.69 Å². The van der Waals surface area contributed by atoms with Crippen molar-refractivity contribution in [1.82, 2.24) is 10.3 Å². The summed E-state index contributed by atoms with van der Waals surface area (Å²) >= 11 is 0. The van der Waals surface area contributed by atoms with Crippen LogP contribution in [0, 0.1) is 6.92 Å². The van der Waals surface area contributed by atoms with E-state index in [4.69, 9.17) is 0 Å². The Bertz CT molecular complexity index is 632. The van der Waals surface area contributed by atoms with Gasteiger partial charge in [-0.05, 0) is 30.7 Å². The Morgan fingerprint density at radius 2 is 1.95 bits per heavy atom. The Morgan fingerprint density at radius 1 is 1.18 bits per heavy atom. The van der Waals surface area contributed by atoms with Gasteiger partial charge in [-0.1, -0.05) is 18.2 Å². The number of rotatable bonds is 1. The molecule has 0 unspecified atom stereocenters. The summed E-state index contributed by atoms with van der Waals surface area (Å²) in [6.45, 7) is 4.18. The van der Waals surface area contributed by atoms with E-state index < -0.39 is 0 Å². The van der Waals surface area contributed by atoms with Crippen molar-refractivity contribution >= 4 is 36.4 Å². The highest BCUT2D eigenvalue weighted by atomic mass is 35.5. The molecule has 0 fully saturated rings. The Morgan fingerprint density at radius 3 is 2.68 bits per heavy atom. The zero-order chi connectivity index (χ0) is 13.9. The van der Waals surface area contributed by atoms with Gasteiger partial charge in [-0.3, -0.25) is 9.78 Å². The van der Waals surface area contributed by atoms with E-state index in [0.29, 0.717) is 12.1 Å². The van der Waals surface area contributed by atoms with E-state index in [1.54, 1.807) is 6.20 Å². The van der Waals surface area contributed by atoms with Gasteiger partial charge < -0.3 is 10.2 Å². The fourth-order valence-corrected chi connectivity index (χ4v) is 2.42. The quantitative estimate of drug-likeness (QED) is 0.868. The van der Waals surface area contributed by atoms with E-state index in [0.717, 1.165) is 30.0 Å². The molecule has 3 rings (SSSR count). The Hall–Kier alpha value is -1.62. The van der Waals surface area contributed by atoms with Crippen LogP contribution in [0.3, 0.4) is 0 Å². The van der Waals surface area contributed by atoms with E-state index in [1.165, 1.54) is 0 Å². The molecule has 0 aliphatic carbocycles. The topological polar surface area (TPSA) is 45.2 Å². The molecule has 1 aliphatic rings. The van der Waals surface area contributed by atoms with Gasteiger partial charge in [0.2, 0.25) is 0 Å². The number of aryl methyl sites for hydroxylation is 1. The van der Waals surface area contributed by atoms with Gasteiger partial charge >= 0.3 is 0 Å². The predicted molar refractivity (Wildman–Crippen MR) is 93.3 cm³/mol. The number of aromatic nitrogens is 1. The molecule has 118 valence electrons. The van der Waals surface area contributed by atoms with Crippen LogP contribution >= 0.6 is 24.8 Å². The minimum atomic E-state index is 0. The second-order valence-corrected chi connectivity index (χ2v) is 4.95. The van der Waals surface area contributed by atoms with Gasteiger partial charge in [0, 0.05) is 37.2 Å². The maximum atomic E-state index is 12.7. The molecule has 1 aromatic heterocycles. The highest BCUT2D eigenvalue weighted by Gasteiger charge is 2.21. The van der Waals surface area contributed by atoms with E-state index >= 15 is 0 Å². The van der Waals surface area contributed by atoms with Gasteiger partial charge in [-0.25, -0.2) is 0 Å². The van der Waals surface area contributed by atoms with Crippen LogP contribution in [0.25, 0.3) is 0 Å². The lowest BCUT2D eigenvalue weighted by Crippen LogP contribution is -2.34. The standard InChI is InChI=1S/C16H17N3O.2ClH/c1-12-6-7-14(11-18-12)16(20)19-9-8-17-10-13-4-2-3-5-15(13)19;;/h2-7,11,17H,8-10H2,1H3;2*1H. The van der Waals surface area contributed by atoms with Crippen molar-refractivity contribution in [3.8, 4) is 0 Å². The molecular weight excluding hydrogens is 321 g/mol. The summed E-state index contributed by atoms with van der Waals surface area (Å²) in [4.78, 5) is 18.7. The van der Waals surface area contributed by atoms with E-state index in [9.17, 15) is 4.79 Å². The fourth-order valence-electron chi connectivity index (χ4n) is 2.42. The van der Waals surface area contributed by atoms with Gasteiger partial charge in [0.05, 0.1) is 5.56 Å². The molecule has 1 amide bonds. The third-order valence-corrected chi connectivity index (χ3v) is 3.51. The highest BCUT2D eigenvalue weighted by Crippen LogP contribution is 2.23. The van der Waals surface area contributed by atoms with Gasteiger partial charge in [0.1, 0.15) is 0 Å². The molecule has 0 radical (unpaired) electrons. The monoisotopic (exact) mass is 339 g/mol. The van der Waals surface area contributed by atoms with Crippen LogP contribution < -0.4 is 10.2 Å². The highest BCUT2D eigenvalue weighted by molar-refractivity contribution is 6.06. The predicted octanol–water partition coefficient (Wildman–Crippen LogP) is 2.98. The lowest BCUT2D eigenvalue weighted by Gasteiger charge is -2.22. The molecule has 0 atom stereocenters. The number of hydrogen-bond acceptors (Lipinski definition) is 3. The molecule has 1 aliphatic heterocycles. The lowest BCUT2D eigenvalue weighted by molar-refractivity contribution is 0.0987. The number of hydrogen-bond donors (Lipinski definition) is 1. The number of carbonyl (C=O) groups is 1. The van der Waals surface area contributed by atoms with Crippen molar-refractivity contribution in [3.63, 3.8) is 0 Å². The van der Waals surface area contributed by atoms with Crippen LogP contribution in [0.2, 0.25) is 0 Å². The number of carbonyl (C=O) groups excluding carboxylic acids is 1. The Labute approximate surface area is 142 Å². The number of para-hydroxylation sites is 1. The largest absolute Gasteiger partial charge is 0.311 e. The van der Waals surface area contributed by atoms with Crippen molar-refractivity contribution in [2.24, 2.45) is 0 Å². The number of fused-ring (bicyclic) bond motifs is 1. The second kappa shape index (κ2) is 8.13. The molecule has 22 heavy (non-hydrogen) atoms. The van der Waals surface area contributed by atoms with E-state index in [1.807, 2.05) is 42.2 Å². The van der Waals surface area contributed by atoms with Gasteiger partial charge in [0.25, 0.3) is 5.91 Å². The molecule has 6 heteroatoms. The molecular formula is C16H19Cl2N3O. The minimum absolute atomic E-state index is 0. The second-order valence-electron chi connectivity index (χ2n) is 4.95. The first-order chi connectivity index (χ1) is 9.75. The summed E-state index contributed by atoms with van der Waals surface area (Å²) in [6, 6.07) is 11.7. The summed E-state index contributed by atoms with van der Waals surface area (Å²) in [5.74, 6) is 0.00801. The number of benzene rings is 1. The number of halogens is 2. The molecule has 0 saturated carbocycles. The van der Waals surface area contributed by atoms with Gasteiger partial charge in [-0.2, -0.15) is 0 Å². The van der Waals surface area contributed by atoms with Crippen LogP contribution in [0.5, 0.6) is 0 Å². The summed E-state index contributed by atoms with van der Waals surface area (Å²) in [7, 11) is 0. The summed E-state index contributed by atoms with van der Waals surface area (Å²) in [6.07, 6.45) is 1.65. The molecule has 2 heterocycles. The van der Waals surface area contributed by atoms with Crippen molar-refractivity contribution in [1.29, 1.82) is 0 Å². The molecule has 1 aromatic carbocycles. The van der Waals surface area contributed by atoms with Crippen LogP contribution in [-0.2, 0) is 6.54 Å². The van der Waals surface area contributed by atoms with Crippen LogP contribution in [0.15, 0.2) is 42.6 Å². The summed E-state index contributed by atoms with van der Waals surface area (Å²) in [5.41, 5.74) is 3.69. The smallest absolute Gasteiger partial charge is 0.259 e. The van der Waals surface area contributed by atoms with Crippen molar-refractivity contribution < 1.29 is 4.79 Å². The first-order valence-electron chi connectivity index (χ1n) is 6.79. The van der Waals surface area contributed by atoms with E-state index in [-0.39, 0.29) is 30.7 Å². The fraction of sp³-hybridized carbons (Fsp3) is 0.250. The molecule has 0 saturated heterocycles. The zero-order valence-corrected chi connectivity index (χ0v) is 13.9. The van der Waals surface area contributed by atoms with Crippen molar-refractivity contribution in [2.45, 2.75) is 13.5 Å². The lowest BCUT2D eigenvalue weighted by atomic mass is 10.1. The van der Waals surface area contributed by atoms with Crippen molar-refractivity contribution in [3.05, 3.63) is 59.4 Å². The molecule has 0 bridgehead atoms. The van der Waals surface area contributed by atoms with Crippen molar-refractivity contribution in [2.75, 3.05) is 18.0 Å². The number of anilines is 1. The van der Waals surface area contributed by atoms with E-state index in [2.05, 4.69) is 16.4 Å². The SMILES string of the molecule is Cc1ccc(C(=O)N2CCNCc3ccccc32)cn1.Cl.Cl. The van der Waals surface area contributed by atoms with Crippen LogP contribution in [-0.4, -0.2) is 24.0 Å². The third-order valence-electron chi connectivity index (χ3n) is 3.51. The number of nitrogens with one attached hydrogen (secondary N) is 1. The molecule has 2 aromatic rings. The average molecular weight is 340 g/mol. The average Bonchev–Trinajstić information content (AvgIpc) is 2.69. The Kier molecular flexibility index (Phi) is 6.81.